The van der Waals surface area contributed by atoms with E-state index in [1.807, 2.05) is 30.3 Å². The van der Waals surface area contributed by atoms with Crippen LogP contribution in [0.4, 0.5) is 0 Å². The lowest BCUT2D eigenvalue weighted by atomic mass is 10.2. The second-order valence-electron chi connectivity index (χ2n) is 4.44. The van der Waals surface area contributed by atoms with Gasteiger partial charge in [-0.05, 0) is 12.5 Å². The van der Waals surface area contributed by atoms with E-state index in [0.717, 1.165) is 21.9 Å². The molecule has 6 nitrogen and oxygen atoms in total. The Kier molecular flexibility index (Phi) is 7.34. The summed E-state index contributed by atoms with van der Waals surface area (Å²) < 4.78 is 5.91. The van der Waals surface area contributed by atoms with Crippen molar-refractivity contribution in [2.45, 2.75) is 25.9 Å². The standard InChI is InChI=1S/C15H16N2O4S.CH4/c1-2-21-14(19)10-22-12-8-13(18)17(15(20)16-12)9-11-6-4-3-5-7-11;/h3-8H,2,9-10H2,1H3,(H,16,20);1H4. The van der Waals surface area contributed by atoms with Crippen LogP contribution in [0.3, 0.4) is 0 Å². The summed E-state index contributed by atoms with van der Waals surface area (Å²) >= 11 is 1.07. The van der Waals surface area contributed by atoms with E-state index in [9.17, 15) is 14.4 Å². The molecule has 0 bridgehead atoms. The zero-order chi connectivity index (χ0) is 15.9. The highest BCUT2D eigenvalue weighted by molar-refractivity contribution is 7.99. The van der Waals surface area contributed by atoms with Gasteiger partial charge in [0.05, 0.1) is 23.9 Å². The molecule has 0 aliphatic heterocycles. The van der Waals surface area contributed by atoms with E-state index in [1.54, 1.807) is 6.92 Å². The van der Waals surface area contributed by atoms with Crippen LogP contribution in [0.25, 0.3) is 0 Å². The third-order valence-corrected chi connectivity index (χ3v) is 3.74. The first-order valence-corrected chi connectivity index (χ1v) is 7.75. The summed E-state index contributed by atoms with van der Waals surface area (Å²) in [5.41, 5.74) is -0.0382. The molecule has 0 saturated heterocycles. The Bertz CT molecular complexity index is 721. The number of thioether (sulfide) groups is 1. The van der Waals surface area contributed by atoms with Gasteiger partial charge in [-0.25, -0.2) is 4.79 Å². The van der Waals surface area contributed by atoms with Crippen LogP contribution in [-0.4, -0.2) is 27.9 Å². The lowest BCUT2D eigenvalue weighted by Crippen LogP contribution is -2.35. The van der Waals surface area contributed by atoms with Crippen molar-refractivity contribution in [2.24, 2.45) is 0 Å². The Morgan fingerprint density at radius 2 is 1.96 bits per heavy atom. The monoisotopic (exact) mass is 336 g/mol. The van der Waals surface area contributed by atoms with Crippen molar-refractivity contribution in [1.29, 1.82) is 0 Å². The predicted molar refractivity (Wildman–Crippen MR) is 91.0 cm³/mol. The molecular formula is C16H20N2O4S. The van der Waals surface area contributed by atoms with Gasteiger partial charge in [0, 0.05) is 6.07 Å². The van der Waals surface area contributed by atoms with Gasteiger partial charge in [0.15, 0.2) is 0 Å². The minimum atomic E-state index is -0.497. The van der Waals surface area contributed by atoms with Crippen molar-refractivity contribution >= 4 is 17.7 Å². The molecule has 124 valence electrons. The van der Waals surface area contributed by atoms with Crippen molar-refractivity contribution < 1.29 is 9.53 Å². The van der Waals surface area contributed by atoms with E-state index >= 15 is 0 Å². The van der Waals surface area contributed by atoms with E-state index in [-0.39, 0.29) is 25.7 Å². The number of nitrogens with one attached hydrogen (secondary N) is 1. The summed E-state index contributed by atoms with van der Waals surface area (Å²) in [5.74, 6) is -0.340. The molecule has 23 heavy (non-hydrogen) atoms. The highest BCUT2D eigenvalue weighted by Crippen LogP contribution is 2.11. The van der Waals surface area contributed by atoms with Crippen LogP contribution in [0.1, 0.15) is 19.9 Å². The lowest BCUT2D eigenvalue weighted by Gasteiger charge is -2.06. The zero-order valence-electron chi connectivity index (χ0n) is 12.1. The van der Waals surface area contributed by atoms with Crippen LogP contribution >= 0.6 is 11.8 Å². The first kappa shape index (κ1) is 18.8. The molecule has 1 N–H and O–H groups in total. The minimum absolute atomic E-state index is 0. The Labute approximate surface area is 138 Å². The van der Waals surface area contributed by atoms with Gasteiger partial charge in [0.25, 0.3) is 5.56 Å². The number of benzene rings is 1. The number of hydrogen-bond acceptors (Lipinski definition) is 5. The average Bonchev–Trinajstić information content (AvgIpc) is 2.50. The fourth-order valence-electron chi connectivity index (χ4n) is 1.83. The average molecular weight is 336 g/mol. The smallest absolute Gasteiger partial charge is 0.329 e. The molecule has 0 radical (unpaired) electrons. The number of ether oxygens (including phenoxy) is 1. The fraction of sp³-hybridized carbons (Fsp3) is 0.312. The van der Waals surface area contributed by atoms with Crippen LogP contribution in [0, 0.1) is 0 Å². The number of aromatic amines is 1. The van der Waals surface area contributed by atoms with Crippen LogP contribution in [0.5, 0.6) is 0 Å². The second kappa shape index (κ2) is 8.99. The highest BCUT2D eigenvalue weighted by Gasteiger charge is 2.08. The van der Waals surface area contributed by atoms with Crippen LogP contribution in [0.2, 0.25) is 0 Å². The fourth-order valence-corrected chi connectivity index (χ4v) is 2.53. The van der Waals surface area contributed by atoms with E-state index < -0.39 is 11.2 Å². The second-order valence-corrected chi connectivity index (χ2v) is 5.46. The van der Waals surface area contributed by atoms with Gasteiger partial charge in [-0.2, -0.15) is 0 Å². The van der Waals surface area contributed by atoms with Crippen LogP contribution < -0.4 is 11.2 Å². The zero-order valence-corrected chi connectivity index (χ0v) is 12.9. The molecule has 0 atom stereocenters. The molecule has 0 fully saturated rings. The SMILES string of the molecule is C.CCOC(=O)CSc1cc(=O)n(Cc2ccccc2)c(=O)[nH]1. The highest BCUT2D eigenvalue weighted by atomic mass is 32.2. The number of aromatic nitrogens is 2. The molecule has 2 rings (SSSR count). The number of hydrogen-bond donors (Lipinski definition) is 1. The van der Waals surface area contributed by atoms with E-state index in [1.165, 1.54) is 6.07 Å². The Balaban J connectivity index is 0.00000264. The van der Waals surface area contributed by atoms with Crippen molar-refractivity contribution in [2.75, 3.05) is 12.4 Å². The van der Waals surface area contributed by atoms with Gasteiger partial charge in [-0.3, -0.25) is 14.2 Å². The normalized spacial score (nSPS) is 9.96. The quantitative estimate of drug-likeness (QED) is 0.495. The summed E-state index contributed by atoms with van der Waals surface area (Å²) in [6.07, 6.45) is 0. The van der Waals surface area contributed by atoms with Gasteiger partial charge in [-0.15, -0.1) is 0 Å². The maximum absolute atomic E-state index is 12.0. The minimum Gasteiger partial charge on any atom is -0.465 e. The molecule has 7 heteroatoms. The topological polar surface area (TPSA) is 81.2 Å². The summed E-state index contributed by atoms with van der Waals surface area (Å²) in [5, 5.41) is 0.354. The summed E-state index contributed by atoms with van der Waals surface area (Å²) in [4.78, 5) is 37.9. The van der Waals surface area contributed by atoms with Crippen molar-refractivity contribution in [3.8, 4) is 0 Å². The molecule has 2 aromatic rings. The Hall–Kier alpha value is -2.28. The summed E-state index contributed by atoms with van der Waals surface area (Å²) in [7, 11) is 0. The summed E-state index contributed by atoms with van der Waals surface area (Å²) in [6, 6.07) is 10.6. The van der Waals surface area contributed by atoms with Crippen molar-refractivity contribution in [3.05, 3.63) is 62.8 Å². The van der Waals surface area contributed by atoms with Gasteiger partial charge in [0.2, 0.25) is 0 Å². The van der Waals surface area contributed by atoms with E-state index in [2.05, 4.69) is 4.98 Å². The van der Waals surface area contributed by atoms with E-state index in [0.29, 0.717) is 11.6 Å². The number of nitrogens with zero attached hydrogens (tertiary/aromatic N) is 1. The van der Waals surface area contributed by atoms with Crippen molar-refractivity contribution in [3.63, 3.8) is 0 Å². The molecule has 0 unspecified atom stereocenters. The van der Waals surface area contributed by atoms with E-state index in [4.69, 9.17) is 4.74 Å². The third-order valence-electron chi connectivity index (χ3n) is 2.83. The molecule has 0 spiro atoms. The van der Waals surface area contributed by atoms with Gasteiger partial charge >= 0.3 is 11.7 Å². The maximum Gasteiger partial charge on any atom is 0.329 e. The first-order valence-electron chi connectivity index (χ1n) is 6.76. The van der Waals surface area contributed by atoms with Crippen LogP contribution in [0.15, 0.2) is 51.0 Å². The number of rotatable bonds is 6. The maximum atomic E-state index is 12.0. The van der Waals surface area contributed by atoms with Gasteiger partial charge < -0.3 is 9.72 Å². The first-order chi connectivity index (χ1) is 10.6. The molecule has 0 amide bonds. The van der Waals surface area contributed by atoms with Gasteiger partial charge in [-0.1, -0.05) is 49.5 Å². The van der Waals surface area contributed by atoms with Gasteiger partial charge in [0.1, 0.15) is 0 Å². The predicted octanol–water partition coefficient (Wildman–Crippen LogP) is 1.88. The number of H-pyrrole nitrogens is 1. The Morgan fingerprint density at radius 1 is 1.26 bits per heavy atom. The number of esters is 1. The molecule has 1 heterocycles. The lowest BCUT2D eigenvalue weighted by molar-refractivity contribution is -0.139. The number of carbonyl (C=O) groups excluding carboxylic acids is 1. The van der Waals surface area contributed by atoms with Crippen molar-refractivity contribution in [1.82, 2.24) is 9.55 Å². The molecule has 0 saturated carbocycles. The third kappa shape index (κ3) is 5.45. The van der Waals surface area contributed by atoms with Crippen LogP contribution in [-0.2, 0) is 16.1 Å². The number of carbonyl (C=O) groups is 1. The molecule has 1 aromatic carbocycles. The summed E-state index contributed by atoms with van der Waals surface area (Å²) in [6.45, 7) is 2.22. The molecule has 1 aromatic heterocycles. The molecule has 0 aliphatic carbocycles. The molecule has 0 aliphatic rings. The Morgan fingerprint density at radius 3 is 2.57 bits per heavy atom. The largest absolute Gasteiger partial charge is 0.465 e. The molecular weight excluding hydrogens is 316 g/mol.